The fourth-order valence-electron chi connectivity index (χ4n) is 2.11. The van der Waals surface area contributed by atoms with Crippen LogP contribution in [0.4, 0.5) is 11.6 Å². The first-order chi connectivity index (χ1) is 10.2. The number of ether oxygens (including phenoxy) is 1. The van der Waals surface area contributed by atoms with Crippen LogP contribution in [0.1, 0.15) is 23.7 Å². The molecule has 1 heterocycles. The van der Waals surface area contributed by atoms with Gasteiger partial charge in [0.1, 0.15) is 5.75 Å². The summed E-state index contributed by atoms with van der Waals surface area (Å²) in [6, 6.07) is 5.90. The number of nitrogens with zero attached hydrogens (tertiary/aromatic N) is 3. The van der Waals surface area contributed by atoms with Gasteiger partial charge >= 0.3 is 0 Å². The monoisotopic (exact) mass is 284 g/mol. The summed E-state index contributed by atoms with van der Waals surface area (Å²) in [5.41, 5.74) is 4.00. The predicted molar refractivity (Wildman–Crippen MR) is 85.7 cm³/mol. The van der Waals surface area contributed by atoms with Crippen LogP contribution in [-0.4, -0.2) is 23.8 Å². The van der Waals surface area contributed by atoms with Gasteiger partial charge in [-0.1, -0.05) is 6.92 Å². The van der Waals surface area contributed by atoms with Gasteiger partial charge in [0.2, 0.25) is 5.95 Å². The lowest BCUT2D eigenvalue weighted by Crippen LogP contribution is -2.03. The lowest BCUT2D eigenvalue weighted by atomic mass is 10.2. The summed E-state index contributed by atoms with van der Waals surface area (Å²) in [6.07, 6.45) is 2.71. The minimum atomic E-state index is 0.498. The van der Waals surface area contributed by atoms with Crippen LogP contribution in [0.2, 0.25) is 0 Å². The summed E-state index contributed by atoms with van der Waals surface area (Å²) in [4.78, 5) is 12.8. The molecule has 0 spiro atoms. The van der Waals surface area contributed by atoms with Gasteiger partial charge in [0.15, 0.2) is 0 Å². The third-order valence-corrected chi connectivity index (χ3v) is 3.14. The number of anilines is 2. The zero-order chi connectivity index (χ0) is 15.2. The van der Waals surface area contributed by atoms with Gasteiger partial charge in [0, 0.05) is 18.0 Å². The van der Waals surface area contributed by atoms with Crippen LogP contribution in [0.3, 0.4) is 0 Å². The van der Waals surface area contributed by atoms with E-state index in [0.29, 0.717) is 12.5 Å². The van der Waals surface area contributed by atoms with Gasteiger partial charge in [-0.05, 0) is 43.3 Å². The van der Waals surface area contributed by atoms with E-state index in [2.05, 4.69) is 33.9 Å². The first-order valence-corrected chi connectivity index (χ1v) is 6.86. The summed E-state index contributed by atoms with van der Waals surface area (Å²) in [5, 5.41) is 3.21. The van der Waals surface area contributed by atoms with E-state index < -0.39 is 0 Å². The molecule has 110 valence electrons. The molecule has 0 atom stereocenters. The van der Waals surface area contributed by atoms with E-state index in [-0.39, 0.29) is 0 Å². The van der Waals surface area contributed by atoms with Gasteiger partial charge in [-0.15, -0.1) is 0 Å². The highest BCUT2D eigenvalue weighted by Gasteiger charge is 2.06. The average molecular weight is 284 g/mol. The van der Waals surface area contributed by atoms with Crippen LogP contribution in [0, 0.1) is 6.92 Å². The number of benzene rings is 1. The van der Waals surface area contributed by atoms with Gasteiger partial charge in [0.25, 0.3) is 0 Å². The molecule has 1 N–H and O–H groups in total. The Bertz CT molecular complexity index is 640. The van der Waals surface area contributed by atoms with Crippen molar-refractivity contribution in [3.05, 3.63) is 41.2 Å². The Hall–Kier alpha value is -2.43. The largest absolute Gasteiger partial charge is 0.497 e. The van der Waals surface area contributed by atoms with Crippen LogP contribution >= 0.6 is 0 Å². The maximum Gasteiger partial charge on any atom is 0.227 e. The molecule has 2 rings (SSSR count). The van der Waals surface area contributed by atoms with E-state index >= 15 is 0 Å². The van der Waals surface area contributed by atoms with Gasteiger partial charge in [-0.2, -0.15) is 0 Å². The van der Waals surface area contributed by atoms with Crippen LogP contribution in [0.25, 0.3) is 0 Å². The van der Waals surface area contributed by atoms with Crippen molar-refractivity contribution in [2.45, 2.75) is 26.8 Å². The summed E-state index contributed by atoms with van der Waals surface area (Å²) < 4.78 is 5.27. The Kier molecular flexibility index (Phi) is 4.87. The summed E-state index contributed by atoms with van der Waals surface area (Å²) in [5.74, 6) is 1.36. The molecule has 5 heteroatoms. The average Bonchev–Trinajstić information content (AvgIpc) is 2.47. The maximum atomic E-state index is 5.27. The summed E-state index contributed by atoms with van der Waals surface area (Å²) in [6.45, 7) is 8.12. The minimum absolute atomic E-state index is 0.498. The van der Waals surface area contributed by atoms with Gasteiger partial charge < -0.3 is 10.1 Å². The molecule has 0 saturated heterocycles. The van der Waals surface area contributed by atoms with Crippen molar-refractivity contribution in [3.8, 4) is 5.75 Å². The van der Waals surface area contributed by atoms with Crippen molar-refractivity contribution < 1.29 is 4.74 Å². The highest BCUT2D eigenvalue weighted by atomic mass is 16.5. The molecule has 5 nitrogen and oxygen atoms in total. The maximum absolute atomic E-state index is 5.27. The molecule has 2 aromatic rings. The number of nitrogens with one attached hydrogen (secondary N) is 1. The first kappa shape index (κ1) is 15.0. The molecule has 0 amide bonds. The number of aryl methyl sites for hydroxylation is 2. The number of aliphatic imine (C=N–C) groups is 1. The Morgan fingerprint density at radius 1 is 1.33 bits per heavy atom. The van der Waals surface area contributed by atoms with E-state index in [1.165, 1.54) is 0 Å². The smallest absolute Gasteiger partial charge is 0.227 e. The van der Waals surface area contributed by atoms with Crippen molar-refractivity contribution in [3.63, 3.8) is 0 Å². The van der Waals surface area contributed by atoms with E-state index in [1.807, 2.05) is 31.3 Å². The Balaban J connectivity index is 2.28. The lowest BCUT2D eigenvalue weighted by Gasteiger charge is -2.10. The highest BCUT2D eigenvalue weighted by molar-refractivity contribution is 5.57. The SMILES string of the molecule is C=NCc1nc(Nc2cc(C)cc(OC)c2)ncc1CC. The Morgan fingerprint density at radius 2 is 2.14 bits per heavy atom. The second-order valence-electron chi connectivity index (χ2n) is 4.76. The quantitative estimate of drug-likeness (QED) is 0.827. The topological polar surface area (TPSA) is 59.4 Å². The van der Waals surface area contributed by atoms with Gasteiger partial charge in [-0.25, -0.2) is 9.97 Å². The van der Waals surface area contributed by atoms with E-state index in [0.717, 1.165) is 34.7 Å². The molecule has 0 radical (unpaired) electrons. The molecule has 1 aromatic carbocycles. The third-order valence-electron chi connectivity index (χ3n) is 3.14. The molecule has 0 fully saturated rings. The molecule has 0 aliphatic carbocycles. The van der Waals surface area contributed by atoms with Gasteiger partial charge in [-0.3, -0.25) is 4.99 Å². The molecular formula is C16H20N4O. The molecule has 0 unspecified atom stereocenters. The number of hydrogen-bond acceptors (Lipinski definition) is 5. The van der Waals surface area contributed by atoms with Crippen LogP contribution in [-0.2, 0) is 13.0 Å². The molecule has 0 saturated carbocycles. The van der Waals surface area contributed by atoms with Crippen molar-refractivity contribution in [1.82, 2.24) is 9.97 Å². The zero-order valence-electron chi connectivity index (χ0n) is 12.7. The second kappa shape index (κ2) is 6.83. The molecule has 21 heavy (non-hydrogen) atoms. The Morgan fingerprint density at radius 3 is 2.81 bits per heavy atom. The molecule has 1 aromatic heterocycles. The normalized spacial score (nSPS) is 10.2. The number of rotatable bonds is 6. The van der Waals surface area contributed by atoms with E-state index in [9.17, 15) is 0 Å². The van der Waals surface area contributed by atoms with Crippen LogP contribution in [0.5, 0.6) is 5.75 Å². The molecule has 0 aliphatic heterocycles. The molecular weight excluding hydrogens is 264 g/mol. The highest BCUT2D eigenvalue weighted by Crippen LogP contribution is 2.22. The first-order valence-electron chi connectivity index (χ1n) is 6.86. The lowest BCUT2D eigenvalue weighted by molar-refractivity contribution is 0.414. The third kappa shape index (κ3) is 3.78. The fraction of sp³-hybridized carbons (Fsp3) is 0.312. The van der Waals surface area contributed by atoms with Gasteiger partial charge in [0.05, 0.1) is 19.3 Å². The number of aromatic nitrogens is 2. The summed E-state index contributed by atoms with van der Waals surface area (Å²) in [7, 11) is 1.65. The predicted octanol–water partition coefficient (Wildman–Crippen LogP) is 3.30. The van der Waals surface area contributed by atoms with E-state index in [1.54, 1.807) is 7.11 Å². The number of hydrogen-bond donors (Lipinski definition) is 1. The standard InChI is InChI=1S/C16H20N4O/c1-5-12-9-18-16(20-15(12)10-17-3)19-13-6-11(2)7-14(8-13)21-4/h6-9H,3,5,10H2,1-2,4H3,(H,18,19,20). The van der Waals surface area contributed by atoms with Crippen molar-refractivity contribution in [2.75, 3.05) is 12.4 Å². The minimum Gasteiger partial charge on any atom is -0.497 e. The van der Waals surface area contributed by atoms with Crippen molar-refractivity contribution in [2.24, 2.45) is 4.99 Å². The molecule has 0 aliphatic rings. The number of methoxy groups -OCH3 is 1. The van der Waals surface area contributed by atoms with Crippen LogP contribution in [0.15, 0.2) is 29.4 Å². The molecule has 0 bridgehead atoms. The second-order valence-corrected chi connectivity index (χ2v) is 4.76. The van der Waals surface area contributed by atoms with Crippen LogP contribution < -0.4 is 10.1 Å². The Labute approximate surface area is 125 Å². The summed E-state index contributed by atoms with van der Waals surface area (Å²) >= 11 is 0. The zero-order valence-corrected chi connectivity index (χ0v) is 12.7. The fourth-order valence-corrected chi connectivity index (χ4v) is 2.11. The van der Waals surface area contributed by atoms with E-state index in [4.69, 9.17) is 4.74 Å². The van der Waals surface area contributed by atoms with Crippen molar-refractivity contribution >= 4 is 18.4 Å². The van der Waals surface area contributed by atoms with Crippen molar-refractivity contribution in [1.29, 1.82) is 0 Å².